The van der Waals surface area contributed by atoms with E-state index in [2.05, 4.69) is 49.3 Å². The second-order valence-electron chi connectivity index (χ2n) is 5.63. The van der Waals surface area contributed by atoms with Gasteiger partial charge in [0, 0.05) is 0 Å². The highest BCUT2D eigenvalue weighted by Gasteiger charge is 2.15. The Hall–Kier alpha value is -1.34. The molecule has 0 unspecified atom stereocenters. The number of benzene rings is 2. The van der Waals surface area contributed by atoms with E-state index in [1.54, 1.807) is 16.5 Å². The quantitative estimate of drug-likeness (QED) is 0.790. The molecule has 1 heteroatoms. The molecule has 0 fully saturated rings. The van der Waals surface area contributed by atoms with Gasteiger partial charge in [-0.15, -0.1) is 0 Å². The van der Waals surface area contributed by atoms with Gasteiger partial charge in [-0.05, 0) is 73.8 Å². The Morgan fingerprint density at radius 3 is 2.56 bits per heavy atom. The van der Waals surface area contributed by atoms with Gasteiger partial charge in [-0.25, -0.2) is 0 Å². The van der Waals surface area contributed by atoms with Crippen LogP contribution in [0.5, 0.6) is 0 Å². The lowest BCUT2D eigenvalue weighted by Gasteiger charge is -2.11. The molecular weight excluding hydrogens is 218 g/mol. The van der Waals surface area contributed by atoms with Crippen molar-refractivity contribution in [3.05, 3.63) is 47.0 Å². The van der Waals surface area contributed by atoms with E-state index in [-0.39, 0.29) is 0 Å². The molecule has 0 spiro atoms. The lowest BCUT2D eigenvalue weighted by Crippen LogP contribution is -2.13. The van der Waals surface area contributed by atoms with E-state index in [1.165, 1.54) is 43.2 Å². The van der Waals surface area contributed by atoms with E-state index in [4.69, 9.17) is 0 Å². The molecule has 0 saturated heterocycles. The van der Waals surface area contributed by atoms with Gasteiger partial charge in [0.05, 0.1) is 0 Å². The van der Waals surface area contributed by atoms with E-state index in [1.807, 2.05) is 0 Å². The maximum atomic E-state index is 2.35. The Morgan fingerprint density at radius 1 is 1.00 bits per heavy atom. The summed E-state index contributed by atoms with van der Waals surface area (Å²) in [5, 5.41) is 3.06. The molecule has 0 atom stereocenters. The lowest BCUT2D eigenvalue weighted by atomic mass is 9.97. The Kier molecular flexibility index (Phi) is 3.09. The van der Waals surface area contributed by atoms with Crippen LogP contribution in [0.2, 0.25) is 0 Å². The molecule has 0 bridgehead atoms. The van der Waals surface area contributed by atoms with Crippen LogP contribution in [0, 0.1) is 0 Å². The van der Waals surface area contributed by atoms with Crippen molar-refractivity contribution >= 4 is 10.8 Å². The summed E-state index contributed by atoms with van der Waals surface area (Å²) in [6.07, 6.45) is 4.89. The van der Waals surface area contributed by atoms with Crippen LogP contribution in [0.3, 0.4) is 0 Å². The standard InChI is InChI=1S/C17H21N/c1-18(2)12-4-6-13-8-9-15-11-10-14-5-3-7-16(13)17(14)15/h3,5,7-9H,4,6,10-12H2,1-2H3. The van der Waals surface area contributed by atoms with Gasteiger partial charge in [-0.1, -0.05) is 30.3 Å². The van der Waals surface area contributed by atoms with Crippen molar-refractivity contribution < 1.29 is 0 Å². The van der Waals surface area contributed by atoms with Crippen molar-refractivity contribution in [2.24, 2.45) is 0 Å². The first-order valence-corrected chi connectivity index (χ1v) is 6.93. The molecule has 1 aliphatic rings. The summed E-state index contributed by atoms with van der Waals surface area (Å²) < 4.78 is 0. The van der Waals surface area contributed by atoms with E-state index in [9.17, 15) is 0 Å². The molecule has 2 aromatic carbocycles. The summed E-state index contributed by atoms with van der Waals surface area (Å²) >= 11 is 0. The van der Waals surface area contributed by atoms with E-state index < -0.39 is 0 Å². The molecule has 3 rings (SSSR count). The fourth-order valence-electron chi connectivity index (χ4n) is 3.11. The Balaban J connectivity index is 1.94. The highest BCUT2D eigenvalue weighted by Crippen LogP contribution is 2.33. The molecule has 0 heterocycles. The highest BCUT2D eigenvalue weighted by molar-refractivity contribution is 5.93. The third-order valence-electron chi connectivity index (χ3n) is 4.02. The summed E-state index contributed by atoms with van der Waals surface area (Å²) in [4.78, 5) is 2.26. The number of hydrogen-bond acceptors (Lipinski definition) is 1. The number of rotatable bonds is 4. The first kappa shape index (κ1) is 11.7. The molecule has 0 saturated carbocycles. The molecule has 0 amide bonds. The zero-order valence-electron chi connectivity index (χ0n) is 11.4. The van der Waals surface area contributed by atoms with Gasteiger partial charge in [-0.3, -0.25) is 0 Å². The Morgan fingerprint density at radius 2 is 1.78 bits per heavy atom. The smallest absolute Gasteiger partial charge is 0.00217 e. The zero-order chi connectivity index (χ0) is 12.5. The predicted octanol–water partition coefficient (Wildman–Crippen LogP) is 3.43. The molecule has 2 aromatic rings. The predicted molar refractivity (Wildman–Crippen MR) is 78.2 cm³/mol. The fraction of sp³-hybridized carbons (Fsp3) is 0.412. The summed E-state index contributed by atoms with van der Waals surface area (Å²) in [6.45, 7) is 1.17. The summed E-state index contributed by atoms with van der Waals surface area (Å²) in [6, 6.07) is 11.5. The van der Waals surface area contributed by atoms with Crippen LogP contribution in [0.1, 0.15) is 23.1 Å². The topological polar surface area (TPSA) is 3.24 Å². The van der Waals surface area contributed by atoms with Crippen LogP contribution in [0.4, 0.5) is 0 Å². The van der Waals surface area contributed by atoms with Crippen LogP contribution in [-0.4, -0.2) is 25.5 Å². The zero-order valence-corrected chi connectivity index (χ0v) is 11.4. The molecular formula is C17H21N. The van der Waals surface area contributed by atoms with Gasteiger partial charge < -0.3 is 4.90 Å². The van der Waals surface area contributed by atoms with Crippen molar-refractivity contribution in [3.8, 4) is 0 Å². The van der Waals surface area contributed by atoms with Gasteiger partial charge >= 0.3 is 0 Å². The fourth-order valence-corrected chi connectivity index (χ4v) is 3.11. The van der Waals surface area contributed by atoms with E-state index in [0.29, 0.717) is 0 Å². The Labute approximate surface area is 109 Å². The summed E-state index contributed by atoms with van der Waals surface area (Å²) in [5.74, 6) is 0. The normalized spacial score (nSPS) is 13.7. The van der Waals surface area contributed by atoms with Gasteiger partial charge in [-0.2, -0.15) is 0 Å². The molecule has 1 aliphatic carbocycles. The minimum Gasteiger partial charge on any atom is -0.309 e. The SMILES string of the molecule is CN(C)CCCc1ccc2c3c(cccc13)CC2. The van der Waals surface area contributed by atoms with Crippen molar-refractivity contribution in [1.29, 1.82) is 0 Å². The van der Waals surface area contributed by atoms with Crippen LogP contribution in [-0.2, 0) is 19.3 Å². The summed E-state index contributed by atoms with van der Waals surface area (Å²) in [7, 11) is 4.29. The van der Waals surface area contributed by atoms with Crippen molar-refractivity contribution in [2.45, 2.75) is 25.7 Å². The third-order valence-corrected chi connectivity index (χ3v) is 4.02. The third kappa shape index (κ3) is 2.04. The molecule has 0 N–H and O–H groups in total. The van der Waals surface area contributed by atoms with E-state index in [0.717, 1.165) is 0 Å². The largest absolute Gasteiger partial charge is 0.309 e. The van der Waals surface area contributed by atoms with Crippen molar-refractivity contribution in [3.63, 3.8) is 0 Å². The van der Waals surface area contributed by atoms with Gasteiger partial charge in [0.2, 0.25) is 0 Å². The molecule has 18 heavy (non-hydrogen) atoms. The number of nitrogens with zero attached hydrogens (tertiary/aromatic N) is 1. The van der Waals surface area contributed by atoms with Gasteiger partial charge in [0.1, 0.15) is 0 Å². The van der Waals surface area contributed by atoms with Gasteiger partial charge in [0.15, 0.2) is 0 Å². The van der Waals surface area contributed by atoms with Crippen molar-refractivity contribution in [1.82, 2.24) is 4.90 Å². The maximum absolute atomic E-state index is 2.35. The second-order valence-corrected chi connectivity index (χ2v) is 5.63. The molecule has 0 radical (unpaired) electrons. The monoisotopic (exact) mass is 239 g/mol. The number of aryl methyl sites for hydroxylation is 3. The highest BCUT2D eigenvalue weighted by atomic mass is 15.0. The van der Waals surface area contributed by atoms with Gasteiger partial charge in [0.25, 0.3) is 0 Å². The molecule has 94 valence electrons. The second kappa shape index (κ2) is 4.74. The molecule has 0 aromatic heterocycles. The minimum atomic E-state index is 1.17. The van der Waals surface area contributed by atoms with Crippen molar-refractivity contribution in [2.75, 3.05) is 20.6 Å². The lowest BCUT2D eigenvalue weighted by molar-refractivity contribution is 0.400. The maximum Gasteiger partial charge on any atom is -0.00217 e. The first-order chi connectivity index (χ1) is 8.75. The molecule has 1 nitrogen and oxygen atoms in total. The minimum absolute atomic E-state index is 1.17. The molecule has 0 aliphatic heterocycles. The van der Waals surface area contributed by atoms with Crippen LogP contribution < -0.4 is 0 Å². The average molecular weight is 239 g/mol. The average Bonchev–Trinajstić information content (AvgIpc) is 2.77. The first-order valence-electron chi connectivity index (χ1n) is 6.93. The van der Waals surface area contributed by atoms with E-state index >= 15 is 0 Å². The number of hydrogen-bond donors (Lipinski definition) is 0. The van der Waals surface area contributed by atoms with Crippen LogP contribution in [0.15, 0.2) is 30.3 Å². The summed E-state index contributed by atoms with van der Waals surface area (Å²) in [5.41, 5.74) is 4.63. The van der Waals surface area contributed by atoms with Crippen LogP contribution in [0.25, 0.3) is 10.8 Å². The Bertz CT molecular complexity index is 559. The van der Waals surface area contributed by atoms with Crippen LogP contribution >= 0.6 is 0 Å².